The zero-order valence-electron chi connectivity index (χ0n) is 19.7. The number of aromatic amines is 1. The summed E-state index contributed by atoms with van der Waals surface area (Å²) in [5.41, 5.74) is 4.37. The number of fused-ring (bicyclic) bond motifs is 1. The summed E-state index contributed by atoms with van der Waals surface area (Å²) in [5.74, 6) is 0.882. The second-order valence-corrected chi connectivity index (χ2v) is 9.20. The lowest BCUT2D eigenvalue weighted by Gasteiger charge is -2.34. The maximum absolute atomic E-state index is 4.58. The standard InChI is InChI=1S/C27H34N6/c1-3-27(12-6-5-7-13-27)31-26-23-18-24(30-25(23)28-20-29-26)22-10-8-21(9-11-22)19-33-16-14-32(4-2)15-17-33/h5-12,18,20H,3-4,13-17,19H2,1-2H3,(H2,28,29,30,31)/t27-/m0/s1. The van der Waals surface area contributed by atoms with Crippen molar-refractivity contribution >= 4 is 16.9 Å². The van der Waals surface area contributed by atoms with E-state index in [1.165, 1.54) is 24.2 Å². The molecule has 6 heteroatoms. The van der Waals surface area contributed by atoms with E-state index in [-0.39, 0.29) is 5.54 Å². The van der Waals surface area contributed by atoms with Gasteiger partial charge in [-0.2, -0.15) is 0 Å². The minimum absolute atomic E-state index is 0.0995. The number of nitrogens with zero attached hydrogens (tertiary/aromatic N) is 4. The molecule has 1 saturated heterocycles. The number of hydrogen-bond donors (Lipinski definition) is 2. The lowest BCUT2D eigenvalue weighted by molar-refractivity contribution is 0.132. The van der Waals surface area contributed by atoms with Crippen LogP contribution < -0.4 is 5.32 Å². The molecule has 2 aromatic heterocycles. The predicted octanol–water partition coefficient (Wildman–Crippen LogP) is 4.84. The number of rotatable bonds is 7. The molecule has 0 saturated carbocycles. The zero-order valence-corrected chi connectivity index (χ0v) is 19.7. The first-order valence-electron chi connectivity index (χ1n) is 12.2. The van der Waals surface area contributed by atoms with Gasteiger partial charge in [0.05, 0.1) is 10.9 Å². The Labute approximate surface area is 196 Å². The van der Waals surface area contributed by atoms with Crippen molar-refractivity contribution < 1.29 is 0 Å². The molecule has 0 radical (unpaired) electrons. The molecule has 0 amide bonds. The average Bonchev–Trinajstić information content (AvgIpc) is 3.31. The van der Waals surface area contributed by atoms with Crippen LogP contribution in [0.15, 0.2) is 61.0 Å². The molecule has 1 atom stereocenters. The van der Waals surface area contributed by atoms with Gasteiger partial charge in [-0.05, 0) is 36.6 Å². The first kappa shape index (κ1) is 21.9. The third kappa shape index (κ3) is 4.72. The molecule has 0 spiro atoms. The van der Waals surface area contributed by atoms with Gasteiger partial charge < -0.3 is 15.2 Å². The van der Waals surface area contributed by atoms with E-state index in [0.29, 0.717) is 0 Å². The van der Waals surface area contributed by atoms with Gasteiger partial charge in [-0.3, -0.25) is 4.90 Å². The van der Waals surface area contributed by atoms with Gasteiger partial charge in [-0.15, -0.1) is 0 Å². The highest BCUT2D eigenvalue weighted by Gasteiger charge is 2.26. The summed E-state index contributed by atoms with van der Waals surface area (Å²) in [6.07, 6.45) is 12.3. The number of allylic oxidation sites excluding steroid dienone is 2. The second-order valence-electron chi connectivity index (χ2n) is 9.20. The van der Waals surface area contributed by atoms with Gasteiger partial charge in [-0.1, -0.05) is 62.4 Å². The molecule has 2 aliphatic rings. The zero-order chi connectivity index (χ0) is 22.7. The third-order valence-corrected chi connectivity index (χ3v) is 7.15. The SMILES string of the molecule is CCN1CCN(Cc2ccc(-c3cc4c(N[C@@]5(CC)C=CC=CC5)ncnc4[nH]3)cc2)CC1. The van der Waals surface area contributed by atoms with Gasteiger partial charge in [0.15, 0.2) is 0 Å². The van der Waals surface area contributed by atoms with Crippen LogP contribution in [-0.4, -0.2) is 63.0 Å². The van der Waals surface area contributed by atoms with Crippen molar-refractivity contribution in [2.75, 3.05) is 38.0 Å². The average molecular weight is 443 g/mol. The number of benzene rings is 1. The largest absolute Gasteiger partial charge is 0.360 e. The first-order valence-corrected chi connectivity index (χ1v) is 12.2. The maximum Gasteiger partial charge on any atom is 0.143 e. The molecule has 3 heterocycles. The minimum Gasteiger partial charge on any atom is -0.360 e. The number of H-pyrrole nitrogens is 1. The third-order valence-electron chi connectivity index (χ3n) is 7.15. The van der Waals surface area contributed by atoms with Crippen LogP contribution in [0.25, 0.3) is 22.3 Å². The molecule has 0 unspecified atom stereocenters. The lowest BCUT2D eigenvalue weighted by Crippen LogP contribution is -2.45. The van der Waals surface area contributed by atoms with Gasteiger partial charge in [0.1, 0.15) is 17.8 Å². The van der Waals surface area contributed by atoms with Crippen LogP contribution in [0.2, 0.25) is 0 Å². The summed E-state index contributed by atoms with van der Waals surface area (Å²) in [4.78, 5) is 17.6. The van der Waals surface area contributed by atoms with Gasteiger partial charge in [0, 0.05) is 38.4 Å². The molecule has 2 N–H and O–H groups in total. The molecule has 1 fully saturated rings. The minimum atomic E-state index is -0.0995. The normalized spacial score (nSPS) is 21.6. The Morgan fingerprint density at radius 1 is 1.00 bits per heavy atom. The molecule has 33 heavy (non-hydrogen) atoms. The highest BCUT2D eigenvalue weighted by atomic mass is 15.3. The molecule has 1 aliphatic heterocycles. The van der Waals surface area contributed by atoms with Crippen molar-refractivity contribution in [3.8, 4) is 11.3 Å². The molecular formula is C27H34N6. The van der Waals surface area contributed by atoms with Crippen LogP contribution in [0.3, 0.4) is 0 Å². The molecule has 5 rings (SSSR count). The highest BCUT2D eigenvalue weighted by Crippen LogP contribution is 2.32. The molecule has 6 nitrogen and oxygen atoms in total. The van der Waals surface area contributed by atoms with Gasteiger partial charge >= 0.3 is 0 Å². The molecule has 1 aliphatic carbocycles. The number of nitrogens with one attached hydrogen (secondary N) is 2. The fourth-order valence-corrected chi connectivity index (χ4v) is 4.85. The van der Waals surface area contributed by atoms with Crippen LogP contribution >= 0.6 is 0 Å². The van der Waals surface area contributed by atoms with Crippen LogP contribution in [0.5, 0.6) is 0 Å². The summed E-state index contributed by atoms with van der Waals surface area (Å²) in [6, 6.07) is 11.1. The Morgan fingerprint density at radius 2 is 1.79 bits per heavy atom. The predicted molar refractivity (Wildman–Crippen MR) is 136 cm³/mol. The summed E-state index contributed by atoms with van der Waals surface area (Å²) in [5, 5.41) is 4.72. The summed E-state index contributed by atoms with van der Waals surface area (Å²) >= 11 is 0. The highest BCUT2D eigenvalue weighted by molar-refractivity contribution is 5.91. The fraction of sp³-hybridized carbons (Fsp3) is 0.407. The monoisotopic (exact) mass is 442 g/mol. The summed E-state index contributed by atoms with van der Waals surface area (Å²) in [7, 11) is 0. The Morgan fingerprint density at radius 3 is 2.48 bits per heavy atom. The van der Waals surface area contributed by atoms with E-state index in [9.17, 15) is 0 Å². The molecule has 3 aromatic rings. The number of likely N-dealkylation sites (N-methyl/N-ethyl adjacent to an activating group) is 1. The topological polar surface area (TPSA) is 60.1 Å². The lowest BCUT2D eigenvalue weighted by atomic mass is 9.88. The summed E-state index contributed by atoms with van der Waals surface area (Å²) in [6.45, 7) is 11.3. The smallest absolute Gasteiger partial charge is 0.143 e. The van der Waals surface area contributed by atoms with E-state index < -0.39 is 0 Å². The second kappa shape index (κ2) is 9.49. The Balaban J connectivity index is 1.32. The maximum atomic E-state index is 4.58. The van der Waals surface area contributed by atoms with Crippen molar-refractivity contribution in [2.45, 2.75) is 38.8 Å². The van der Waals surface area contributed by atoms with Gasteiger partial charge in [0.2, 0.25) is 0 Å². The number of hydrogen-bond acceptors (Lipinski definition) is 5. The number of aromatic nitrogens is 3. The van der Waals surface area contributed by atoms with Crippen LogP contribution in [0.1, 0.15) is 32.3 Å². The van der Waals surface area contributed by atoms with E-state index in [1.807, 2.05) is 0 Å². The fourth-order valence-electron chi connectivity index (χ4n) is 4.85. The van der Waals surface area contributed by atoms with Crippen molar-refractivity contribution in [3.63, 3.8) is 0 Å². The van der Waals surface area contributed by atoms with Gasteiger partial charge in [-0.25, -0.2) is 9.97 Å². The van der Waals surface area contributed by atoms with E-state index in [4.69, 9.17) is 0 Å². The Hall–Kier alpha value is -2.96. The summed E-state index contributed by atoms with van der Waals surface area (Å²) < 4.78 is 0. The quantitative estimate of drug-likeness (QED) is 0.548. The van der Waals surface area contributed by atoms with E-state index in [0.717, 1.165) is 61.6 Å². The molecular weight excluding hydrogens is 408 g/mol. The van der Waals surface area contributed by atoms with Crippen LogP contribution in [-0.2, 0) is 6.54 Å². The van der Waals surface area contributed by atoms with Crippen LogP contribution in [0, 0.1) is 0 Å². The number of anilines is 1. The molecule has 0 bridgehead atoms. The van der Waals surface area contributed by atoms with E-state index >= 15 is 0 Å². The van der Waals surface area contributed by atoms with E-state index in [1.54, 1.807) is 6.33 Å². The van der Waals surface area contributed by atoms with Crippen molar-refractivity contribution in [1.82, 2.24) is 24.8 Å². The van der Waals surface area contributed by atoms with Crippen molar-refractivity contribution in [2.24, 2.45) is 0 Å². The molecule has 1 aromatic carbocycles. The van der Waals surface area contributed by atoms with Crippen molar-refractivity contribution in [1.29, 1.82) is 0 Å². The van der Waals surface area contributed by atoms with Gasteiger partial charge in [0.25, 0.3) is 0 Å². The molecule has 172 valence electrons. The van der Waals surface area contributed by atoms with Crippen molar-refractivity contribution in [3.05, 3.63) is 66.5 Å². The van der Waals surface area contributed by atoms with E-state index in [2.05, 4.69) is 98.6 Å². The van der Waals surface area contributed by atoms with Crippen LogP contribution in [0.4, 0.5) is 5.82 Å². The Kier molecular flexibility index (Phi) is 6.29. The first-order chi connectivity index (χ1) is 16.2. The number of piperazine rings is 1. The Bertz CT molecular complexity index is 1140.